The van der Waals surface area contributed by atoms with Crippen molar-refractivity contribution >= 4 is 5.78 Å². The first-order valence-electron chi connectivity index (χ1n) is 7.92. The highest BCUT2D eigenvalue weighted by atomic mass is 19.4. The molecule has 0 aliphatic rings. The number of unbranched alkanes of at least 4 members (excludes halogenated alkanes) is 1. The largest absolute Gasteiger partial charge is 0.416 e. The van der Waals surface area contributed by atoms with Crippen molar-refractivity contribution in [3.63, 3.8) is 0 Å². The maximum Gasteiger partial charge on any atom is 0.416 e. The topological polar surface area (TPSA) is 17.1 Å². The van der Waals surface area contributed by atoms with Crippen LogP contribution in [-0.2, 0) is 6.18 Å². The Labute approximate surface area is 131 Å². The molecule has 0 saturated carbocycles. The summed E-state index contributed by atoms with van der Waals surface area (Å²) in [5.41, 5.74) is -0.642. The smallest absolute Gasteiger partial charge is 0.294 e. The van der Waals surface area contributed by atoms with Crippen LogP contribution in [0.4, 0.5) is 13.2 Å². The molecule has 0 aliphatic carbocycles. The van der Waals surface area contributed by atoms with Crippen LogP contribution in [0.25, 0.3) is 0 Å². The third-order valence-corrected chi connectivity index (χ3v) is 3.12. The van der Waals surface area contributed by atoms with E-state index >= 15 is 0 Å². The number of carbonyl (C=O) groups is 1. The third-order valence-electron chi connectivity index (χ3n) is 3.12. The monoisotopic (exact) mass is 316 g/mol. The van der Waals surface area contributed by atoms with Gasteiger partial charge in [0.25, 0.3) is 0 Å². The molecule has 126 valence electrons. The Bertz CT molecular complexity index is 436. The molecule has 1 aromatic rings. The molecular formula is C18H27F3O. The first-order chi connectivity index (χ1) is 10.2. The summed E-state index contributed by atoms with van der Waals surface area (Å²) in [5.74, 6) is 0.656. The van der Waals surface area contributed by atoms with E-state index in [0.29, 0.717) is 6.42 Å². The number of carbonyl (C=O) groups excluding carboxylic acids is 1. The lowest BCUT2D eigenvalue weighted by atomic mass is 10.0. The summed E-state index contributed by atoms with van der Waals surface area (Å²) >= 11 is 0. The molecule has 0 spiro atoms. The first kappa shape index (κ1) is 20.7. The normalized spacial score (nSPS) is 11.1. The van der Waals surface area contributed by atoms with Gasteiger partial charge >= 0.3 is 6.18 Å². The van der Waals surface area contributed by atoms with Gasteiger partial charge in [-0.2, -0.15) is 13.2 Å². The van der Waals surface area contributed by atoms with E-state index in [2.05, 4.69) is 20.8 Å². The molecule has 0 bridgehead atoms. The van der Waals surface area contributed by atoms with Gasteiger partial charge in [0, 0.05) is 12.0 Å². The molecule has 0 fully saturated rings. The number of alkyl halides is 3. The van der Waals surface area contributed by atoms with Crippen LogP contribution in [0, 0.1) is 5.92 Å². The van der Waals surface area contributed by atoms with Gasteiger partial charge in [0.1, 0.15) is 0 Å². The molecule has 0 aliphatic heterocycles. The molecule has 4 heteroatoms. The summed E-state index contributed by atoms with van der Waals surface area (Å²) in [6.07, 6.45) is 0.672. The standard InChI is InChI=1S/C11H11F3O.C7H16/c1-2-4-10(15)8-5-3-6-9(7-8)11(12,13)14;1-4-5-6-7(2)3/h3,5-7H,2,4H2,1H3;7H,4-6H2,1-3H3. The fraction of sp³-hybridized carbons (Fsp3) is 0.611. The summed E-state index contributed by atoms with van der Waals surface area (Å²) in [6, 6.07) is 4.53. The molecule has 0 unspecified atom stereocenters. The predicted octanol–water partition coefficient (Wildman–Crippen LogP) is 6.52. The highest BCUT2D eigenvalue weighted by Gasteiger charge is 2.30. The number of hydrogen-bond acceptors (Lipinski definition) is 1. The van der Waals surface area contributed by atoms with Gasteiger partial charge in [-0.3, -0.25) is 4.79 Å². The minimum atomic E-state index is -4.39. The Kier molecular flexibility index (Phi) is 9.79. The lowest BCUT2D eigenvalue weighted by Crippen LogP contribution is -2.07. The van der Waals surface area contributed by atoms with Crippen LogP contribution in [0.3, 0.4) is 0 Å². The molecule has 0 heterocycles. The number of benzene rings is 1. The number of rotatable bonds is 6. The Balaban J connectivity index is 0.000000534. The lowest BCUT2D eigenvalue weighted by molar-refractivity contribution is -0.137. The van der Waals surface area contributed by atoms with E-state index in [-0.39, 0.29) is 17.8 Å². The fourth-order valence-electron chi connectivity index (χ4n) is 1.85. The zero-order valence-electron chi connectivity index (χ0n) is 14.0. The van der Waals surface area contributed by atoms with Gasteiger partial charge in [0.15, 0.2) is 5.78 Å². The van der Waals surface area contributed by atoms with E-state index in [1.165, 1.54) is 31.4 Å². The van der Waals surface area contributed by atoms with Gasteiger partial charge in [-0.25, -0.2) is 0 Å². The second kappa shape index (κ2) is 10.4. The molecule has 22 heavy (non-hydrogen) atoms. The van der Waals surface area contributed by atoms with E-state index in [4.69, 9.17) is 0 Å². The molecule has 0 atom stereocenters. The minimum absolute atomic E-state index is 0.131. The van der Waals surface area contributed by atoms with Gasteiger partial charge in [-0.15, -0.1) is 0 Å². The zero-order chi connectivity index (χ0) is 17.2. The van der Waals surface area contributed by atoms with E-state index in [1.54, 1.807) is 0 Å². The lowest BCUT2D eigenvalue weighted by Gasteiger charge is -2.07. The van der Waals surface area contributed by atoms with Gasteiger partial charge in [-0.1, -0.05) is 59.1 Å². The highest BCUT2D eigenvalue weighted by Crippen LogP contribution is 2.29. The van der Waals surface area contributed by atoms with Crippen molar-refractivity contribution in [2.24, 2.45) is 5.92 Å². The van der Waals surface area contributed by atoms with Crippen molar-refractivity contribution in [1.29, 1.82) is 0 Å². The van der Waals surface area contributed by atoms with Crippen LogP contribution < -0.4 is 0 Å². The summed E-state index contributed by atoms with van der Waals surface area (Å²) < 4.78 is 36.9. The van der Waals surface area contributed by atoms with Crippen LogP contribution in [0.15, 0.2) is 24.3 Å². The van der Waals surface area contributed by atoms with Crippen LogP contribution in [0.5, 0.6) is 0 Å². The molecule has 1 aromatic carbocycles. The van der Waals surface area contributed by atoms with E-state index in [1.807, 2.05) is 6.92 Å². The van der Waals surface area contributed by atoms with Gasteiger partial charge in [0.2, 0.25) is 0 Å². The molecular weight excluding hydrogens is 289 g/mol. The van der Waals surface area contributed by atoms with Crippen LogP contribution in [0.2, 0.25) is 0 Å². The number of halogens is 3. The fourth-order valence-corrected chi connectivity index (χ4v) is 1.85. The highest BCUT2D eigenvalue weighted by molar-refractivity contribution is 5.96. The number of Topliss-reactive ketones (excluding diaryl/α,β-unsaturated/α-hetero) is 1. The van der Waals surface area contributed by atoms with Gasteiger partial charge in [0.05, 0.1) is 5.56 Å². The minimum Gasteiger partial charge on any atom is -0.294 e. The summed E-state index contributed by atoms with van der Waals surface area (Å²) in [5, 5.41) is 0. The number of hydrogen-bond donors (Lipinski definition) is 0. The number of ketones is 1. The van der Waals surface area contributed by atoms with E-state index in [9.17, 15) is 18.0 Å². The predicted molar refractivity (Wildman–Crippen MR) is 85.0 cm³/mol. The van der Waals surface area contributed by atoms with Crippen molar-refractivity contribution in [3.8, 4) is 0 Å². The summed E-state index contributed by atoms with van der Waals surface area (Å²) in [6.45, 7) is 8.60. The first-order valence-corrected chi connectivity index (χ1v) is 7.92. The average Bonchev–Trinajstić information content (AvgIpc) is 2.45. The van der Waals surface area contributed by atoms with E-state index in [0.717, 1.165) is 18.1 Å². The second-order valence-corrected chi connectivity index (χ2v) is 5.79. The molecule has 0 aromatic heterocycles. The Morgan fingerprint density at radius 3 is 2.18 bits per heavy atom. The Morgan fingerprint density at radius 2 is 1.77 bits per heavy atom. The summed E-state index contributed by atoms with van der Waals surface area (Å²) in [7, 11) is 0. The molecule has 0 amide bonds. The molecule has 0 N–H and O–H groups in total. The Morgan fingerprint density at radius 1 is 1.14 bits per heavy atom. The quantitative estimate of drug-likeness (QED) is 0.546. The Hall–Kier alpha value is -1.32. The van der Waals surface area contributed by atoms with E-state index < -0.39 is 11.7 Å². The average molecular weight is 316 g/mol. The van der Waals surface area contributed by atoms with Crippen LogP contribution >= 0.6 is 0 Å². The summed E-state index contributed by atoms with van der Waals surface area (Å²) in [4.78, 5) is 11.4. The molecule has 1 nitrogen and oxygen atoms in total. The van der Waals surface area contributed by atoms with Crippen molar-refractivity contribution in [1.82, 2.24) is 0 Å². The third kappa shape index (κ3) is 8.85. The molecule has 0 radical (unpaired) electrons. The second-order valence-electron chi connectivity index (χ2n) is 5.79. The van der Waals surface area contributed by atoms with Crippen molar-refractivity contribution in [3.05, 3.63) is 35.4 Å². The van der Waals surface area contributed by atoms with Gasteiger partial charge in [-0.05, 0) is 24.5 Å². The van der Waals surface area contributed by atoms with Crippen LogP contribution in [0.1, 0.15) is 75.7 Å². The van der Waals surface area contributed by atoms with Crippen molar-refractivity contribution in [2.45, 2.75) is 66.0 Å². The van der Waals surface area contributed by atoms with Crippen molar-refractivity contribution in [2.75, 3.05) is 0 Å². The van der Waals surface area contributed by atoms with Gasteiger partial charge < -0.3 is 0 Å². The van der Waals surface area contributed by atoms with Crippen molar-refractivity contribution < 1.29 is 18.0 Å². The maximum absolute atomic E-state index is 12.3. The molecule has 0 saturated heterocycles. The SMILES string of the molecule is CCCC(=O)c1cccc(C(F)(F)F)c1.CCCCC(C)C. The zero-order valence-corrected chi connectivity index (χ0v) is 14.0. The maximum atomic E-state index is 12.3. The molecule has 1 rings (SSSR count). The van der Waals surface area contributed by atoms with Crippen LogP contribution in [-0.4, -0.2) is 5.78 Å².